The van der Waals surface area contributed by atoms with Crippen molar-refractivity contribution in [3.8, 4) is 5.75 Å². The van der Waals surface area contributed by atoms with Gasteiger partial charge in [0.2, 0.25) is 0 Å². The van der Waals surface area contributed by atoms with Gasteiger partial charge in [-0.3, -0.25) is 9.59 Å². The second-order valence-corrected chi connectivity index (χ2v) is 11.7. The van der Waals surface area contributed by atoms with Crippen LogP contribution in [0, 0.1) is 11.8 Å². The van der Waals surface area contributed by atoms with Gasteiger partial charge in [0.15, 0.2) is 6.10 Å². The molecule has 4 rings (SSSR count). The first-order valence-corrected chi connectivity index (χ1v) is 14.9. The quantitative estimate of drug-likeness (QED) is 0.311. The van der Waals surface area contributed by atoms with Gasteiger partial charge in [0.1, 0.15) is 18.0 Å². The van der Waals surface area contributed by atoms with E-state index < -0.39 is 30.3 Å². The van der Waals surface area contributed by atoms with Crippen molar-refractivity contribution in [3.05, 3.63) is 64.2 Å². The van der Waals surface area contributed by atoms with Gasteiger partial charge < -0.3 is 18.9 Å². The van der Waals surface area contributed by atoms with Gasteiger partial charge in [-0.25, -0.2) is 0 Å². The Hall–Kier alpha value is -2.22. The van der Waals surface area contributed by atoms with E-state index in [1.165, 1.54) is 25.4 Å². The summed E-state index contributed by atoms with van der Waals surface area (Å²) in [4.78, 5) is 24.0. The third-order valence-electron chi connectivity index (χ3n) is 7.27. The van der Waals surface area contributed by atoms with Crippen molar-refractivity contribution in [2.75, 3.05) is 18.1 Å². The maximum absolute atomic E-state index is 12.0. The largest absolute Gasteiger partial charge is 0.494 e. The van der Waals surface area contributed by atoms with Crippen molar-refractivity contribution >= 4 is 35.3 Å². The molecule has 0 amide bonds. The molecule has 0 aromatic heterocycles. The van der Waals surface area contributed by atoms with E-state index in [1.807, 2.05) is 55.9 Å². The minimum atomic E-state index is -0.766. The Balaban J connectivity index is 1.52. The molecule has 8 heteroatoms. The number of benzene rings is 2. The molecule has 2 aliphatic rings. The molecule has 0 saturated carbocycles. The topological polar surface area (TPSA) is 71.1 Å². The number of carbonyl (C=O) groups is 2. The van der Waals surface area contributed by atoms with Crippen LogP contribution in [0.3, 0.4) is 0 Å². The third kappa shape index (κ3) is 7.25. The van der Waals surface area contributed by atoms with E-state index >= 15 is 0 Å². The first-order chi connectivity index (χ1) is 18.2. The normalized spacial score (nSPS) is 25.3. The fourth-order valence-electron chi connectivity index (χ4n) is 5.12. The summed E-state index contributed by atoms with van der Waals surface area (Å²) >= 11 is 8.60. The molecular formula is C30H37ClO6S. The summed E-state index contributed by atoms with van der Waals surface area (Å²) in [5.74, 6) is 3.16. The summed E-state index contributed by atoms with van der Waals surface area (Å²) < 4.78 is 23.8. The van der Waals surface area contributed by atoms with Crippen molar-refractivity contribution < 1.29 is 28.5 Å². The number of esters is 2. The maximum Gasteiger partial charge on any atom is 0.303 e. The predicted molar refractivity (Wildman–Crippen MR) is 150 cm³/mol. The van der Waals surface area contributed by atoms with Gasteiger partial charge in [0.05, 0.1) is 12.7 Å². The van der Waals surface area contributed by atoms with Gasteiger partial charge in [0, 0.05) is 24.8 Å². The van der Waals surface area contributed by atoms with Crippen LogP contribution in [0.5, 0.6) is 5.75 Å². The van der Waals surface area contributed by atoms with E-state index in [0.717, 1.165) is 47.8 Å². The SMILES string of the molecule is CC[C@H]1O[C@@H](c2ccc(Cl)c(Cc3ccc(OCCC4CSC4)cc3)c2)[C@H](OC(C)=O)[C@@H](OC(C)=O)[C@@H]1C. The van der Waals surface area contributed by atoms with Gasteiger partial charge in [-0.15, -0.1) is 0 Å². The molecule has 2 heterocycles. The van der Waals surface area contributed by atoms with Crippen LogP contribution in [-0.4, -0.2) is 48.4 Å². The summed E-state index contributed by atoms with van der Waals surface area (Å²) in [7, 11) is 0. The van der Waals surface area contributed by atoms with E-state index in [2.05, 4.69) is 12.1 Å². The Morgan fingerprint density at radius 1 is 1.03 bits per heavy atom. The van der Waals surface area contributed by atoms with Crippen LogP contribution in [0.4, 0.5) is 0 Å². The van der Waals surface area contributed by atoms with Crippen molar-refractivity contribution in [3.63, 3.8) is 0 Å². The molecular weight excluding hydrogens is 524 g/mol. The molecule has 2 fully saturated rings. The molecule has 0 unspecified atom stereocenters. The molecule has 0 N–H and O–H groups in total. The zero-order chi connectivity index (χ0) is 27.2. The number of hydrogen-bond donors (Lipinski definition) is 0. The Morgan fingerprint density at radius 3 is 2.32 bits per heavy atom. The fourth-order valence-corrected chi connectivity index (χ4v) is 6.21. The van der Waals surface area contributed by atoms with E-state index in [0.29, 0.717) is 11.4 Å². The molecule has 206 valence electrons. The maximum atomic E-state index is 12.0. The second-order valence-electron chi connectivity index (χ2n) is 10.2. The van der Waals surface area contributed by atoms with E-state index in [4.69, 9.17) is 30.5 Å². The molecule has 5 atom stereocenters. The van der Waals surface area contributed by atoms with Crippen LogP contribution in [-0.2, 0) is 30.2 Å². The summed E-state index contributed by atoms with van der Waals surface area (Å²) in [6.07, 6.45) is 0.323. The highest BCUT2D eigenvalue weighted by molar-refractivity contribution is 8.00. The van der Waals surface area contributed by atoms with Crippen molar-refractivity contribution in [1.82, 2.24) is 0 Å². The zero-order valence-corrected chi connectivity index (χ0v) is 24.1. The van der Waals surface area contributed by atoms with Crippen LogP contribution in [0.25, 0.3) is 0 Å². The van der Waals surface area contributed by atoms with Crippen LogP contribution >= 0.6 is 23.4 Å². The third-order valence-corrected chi connectivity index (χ3v) is 9.06. The minimum absolute atomic E-state index is 0.135. The molecule has 2 aromatic rings. The second kappa shape index (κ2) is 13.2. The number of carbonyl (C=O) groups excluding carboxylic acids is 2. The van der Waals surface area contributed by atoms with Crippen molar-refractivity contribution in [2.24, 2.45) is 11.8 Å². The number of ether oxygens (including phenoxy) is 4. The number of thioether (sulfide) groups is 1. The lowest BCUT2D eigenvalue weighted by Crippen LogP contribution is -2.52. The zero-order valence-electron chi connectivity index (χ0n) is 22.5. The molecule has 0 bridgehead atoms. The van der Waals surface area contributed by atoms with Gasteiger partial charge in [-0.05, 0) is 71.6 Å². The molecule has 0 spiro atoms. The minimum Gasteiger partial charge on any atom is -0.494 e. The fraction of sp³-hybridized carbons (Fsp3) is 0.533. The van der Waals surface area contributed by atoms with Gasteiger partial charge in [-0.1, -0.05) is 49.7 Å². The molecule has 38 heavy (non-hydrogen) atoms. The lowest BCUT2D eigenvalue weighted by molar-refractivity contribution is -0.225. The van der Waals surface area contributed by atoms with Gasteiger partial charge in [-0.2, -0.15) is 11.8 Å². The Bertz CT molecular complexity index is 1100. The van der Waals surface area contributed by atoms with Crippen LogP contribution < -0.4 is 4.74 Å². The Kier molecular flexibility index (Phi) is 10.0. The highest BCUT2D eigenvalue weighted by Crippen LogP contribution is 2.40. The van der Waals surface area contributed by atoms with E-state index in [9.17, 15) is 9.59 Å². The molecule has 2 saturated heterocycles. The standard InChI is InChI=1S/C30H37ClO6S/c1-5-27-18(2)28(35-19(3)32)30(36-20(4)33)29(37-27)23-8-11-26(31)24(15-23)14-21-6-9-25(10-7-21)34-13-12-22-16-38-17-22/h6-11,15,18,22,27-30H,5,12-14,16-17H2,1-4H3/t18-,27-,28+,29+,30-/m1/s1. The molecule has 2 aliphatic heterocycles. The number of hydrogen-bond acceptors (Lipinski definition) is 7. The highest BCUT2D eigenvalue weighted by atomic mass is 35.5. The summed E-state index contributed by atoms with van der Waals surface area (Å²) in [6.45, 7) is 7.46. The van der Waals surface area contributed by atoms with Crippen molar-refractivity contribution in [2.45, 2.75) is 71.4 Å². The summed E-state index contributed by atoms with van der Waals surface area (Å²) in [6, 6.07) is 13.8. The average molecular weight is 561 g/mol. The number of rotatable bonds is 10. The van der Waals surface area contributed by atoms with Gasteiger partial charge in [0.25, 0.3) is 0 Å². The van der Waals surface area contributed by atoms with Crippen LogP contribution in [0.2, 0.25) is 5.02 Å². The number of halogens is 1. The molecule has 6 nitrogen and oxygen atoms in total. The van der Waals surface area contributed by atoms with Gasteiger partial charge >= 0.3 is 11.9 Å². The molecule has 0 radical (unpaired) electrons. The monoisotopic (exact) mass is 560 g/mol. The average Bonchev–Trinajstić information content (AvgIpc) is 2.85. The van der Waals surface area contributed by atoms with Crippen LogP contribution in [0.1, 0.15) is 63.3 Å². The molecule has 0 aliphatic carbocycles. The summed E-state index contributed by atoms with van der Waals surface area (Å²) in [5.41, 5.74) is 2.86. The smallest absolute Gasteiger partial charge is 0.303 e. The summed E-state index contributed by atoms with van der Waals surface area (Å²) in [5, 5.41) is 0.643. The Morgan fingerprint density at radius 2 is 1.71 bits per heavy atom. The van der Waals surface area contributed by atoms with Crippen molar-refractivity contribution in [1.29, 1.82) is 0 Å². The predicted octanol–water partition coefficient (Wildman–Crippen LogP) is 6.41. The lowest BCUT2D eigenvalue weighted by atomic mass is 9.84. The first kappa shape index (κ1) is 28.8. The first-order valence-electron chi connectivity index (χ1n) is 13.3. The lowest BCUT2D eigenvalue weighted by Gasteiger charge is -2.44. The van der Waals surface area contributed by atoms with Crippen LogP contribution in [0.15, 0.2) is 42.5 Å². The van der Waals surface area contributed by atoms with E-state index in [-0.39, 0.29) is 12.0 Å². The molecule has 2 aromatic carbocycles. The highest BCUT2D eigenvalue weighted by Gasteiger charge is 2.47. The van der Waals surface area contributed by atoms with E-state index in [1.54, 1.807) is 0 Å². The Labute approximate surface area is 234 Å².